The van der Waals surface area contributed by atoms with Crippen molar-refractivity contribution >= 4 is 23.2 Å². The second-order valence-corrected chi connectivity index (χ2v) is 6.93. The zero-order chi connectivity index (χ0) is 20.6. The van der Waals surface area contributed by atoms with Gasteiger partial charge in [0.1, 0.15) is 11.1 Å². The number of amides is 1. The topological polar surface area (TPSA) is 71.3 Å². The Morgan fingerprint density at radius 3 is 2.57 bits per heavy atom. The third kappa shape index (κ3) is 3.68. The highest BCUT2D eigenvalue weighted by molar-refractivity contribution is 6.33. The van der Waals surface area contributed by atoms with Gasteiger partial charge >= 0.3 is 6.18 Å². The molecular weight excluding hydrogens is 399 g/mol. The fraction of sp³-hybridized carbons (Fsp3) is 0.412. The number of hydrogen-bond donors (Lipinski definition) is 0. The number of likely N-dealkylation sites (N-methyl/N-ethyl adjacent to an activating group) is 1. The first-order valence-electron chi connectivity index (χ1n) is 8.40. The lowest BCUT2D eigenvalue weighted by Crippen LogP contribution is -2.43. The first kappa shape index (κ1) is 20.1. The lowest BCUT2D eigenvalue weighted by molar-refractivity contribution is -0.137. The monoisotopic (exact) mass is 415 g/mol. The number of anilines is 1. The summed E-state index contributed by atoms with van der Waals surface area (Å²) in [6, 6.07) is 1.40. The van der Waals surface area contributed by atoms with Gasteiger partial charge in [0, 0.05) is 26.8 Å². The summed E-state index contributed by atoms with van der Waals surface area (Å²) in [6.07, 6.45) is -1.21. The van der Waals surface area contributed by atoms with Crippen LogP contribution in [0.1, 0.15) is 18.4 Å². The van der Waals surface area contributed by atoms with E-state index >= 15 is 0 Å². The molecule has 1 atom stereocenters. The van der Waals surface area contributed by atoms with Gasteiger partial charge in [-0.25, -0.2) is 4.98 Å². The van der Waals surface area contributed by atoms with Crippen LogP contribution >= 0.6 is 11.6 Å². The van der Waals surface area contributed by atoms with E-state index in [1.807, 2.05) is 0 Å². The predicted octanol–water partition coefficient (Wildman–Crippen LogP) is 2.36. The Balaban J connectivity index is 1.96. The molecule has 0 aliphatic carbocycles. The zero-order valence-electron chi connectivity index (χ0n) is 15.1. The van der Waals surface area contributed by atoms with Gasteiger partial charge in [-0.15, -0.1) is 0 Å². The molecular formula is C17H17ClF3N5O2. The van der Waals surface area contributed by atoms with Gasteiger partial charge in [0.25, 0.3) is 5.56 Å². The molecule has 11 heteroatoms. The summed E-state index contributed by atoms with van der Waals surface area (Å²) in [6.45, 7) is 0.535. The first-order valence-corrected chi connectivity index (χ1v) is 8.78. The van der Waals surface area contributed by atoms with E-state index in [-0.39, 0.29) is 16.7 Å². The van der Waals surface area contributed by atoms with Gasteiger partial charge in [0.05, 0.1) is 17.4 Å². The minimum atomic E-state index is -4.53. The van der Waals surface area contributed by atoms with Gasteiger partial charge < -0.3 is 9.80 Å². The Morgan fingerprint density at radius 2 is 2.00 bits per heavy atom. The summed E-state index contributed by atoms with van der Waals surface area (Å²) in [5, 5.41) is 3.82. The van der Waals surface area contributed by atoms with Crippen LogP contribution in [0.15, 0.2) is 29.3 Å². The van der Waals surface area contributed by atoms with E-state index in [0.717, 1.165) is 23.2 Å². The summed E-state index contributed by atoms with van der Waals surface area (Å²) in [4.78, 5) is 31.8. The van der Waals surface area contributed by atoms with Crippen molar-refractivity contribution in [2.75, 3.05) is 25.5 Å². The van der Waals surface area contributed by atoms with E-state index in [1.54, 1.807) is 19.0 Å². The maximum Gasteiger partial charge on any atom is 0.417 e. The number of aromatic nitrogens is 3. The van der Waals surface area contributed by atoms with Gasteiger partial charge in [-0.2, -0.15) is 23.0 Å². The van der Waals surface area contributed by atoms with Gasteiger partial charge in [0.15, 0.2) is 5.82 Å². The molecule has 1 saturated heterocycles. The lowest BCUT2D eigenvalue weighted by Gasteiger charge is -2.28. The smallest absolute Gasteiger partial charge is 0.357 e. The molecule has 1 aliphatic rings. The summed E-state index contributed by atoms with van der Waals surface area (Å²) < 4.78 is 38.8. The Morgan fingerprint density at radius 1 is 1.29 bits per heavy atom. The van der Waals surface area contributed by atoms with E-state index in [9.17, 15) is 22.8 Å². The average molecular weight is 416 g/mol. The first-order chi connectivity index (χ1) is 13.1. The number of carbonyl (C=O) groups excluding carboxylic acids is 1. The standard InChI is InChI=1S/C17H17ClF3N5O2/c1-24(2)15(27)11-4-3-7-25(11)12-9-23-26(16(28)14(12)18)13-6-5-10(8-22-13)17(19,20)21/h5-6,8-9,11H,3-4,7H2,1-2H3. The van der Waals surface area contributed by atoms with Crippen molar-refractivity contribution in [2.45, 2.75) is 25.1 Å². The van der Waals surface area contributed by atoms with Gasteiger partial charge in [-0.05, 0) is 25.0 Å². The average Bonchev–Trinajstić information content (AvgIpc) is 3.12. The molecule has 3 heterocycles. The van der Waals surface area contributed by atoms with Crippen molar-refractivity contribution in [3.05, 3.63) is 45.5 Å². The molecule has 0 aromatic carbocycles. The normalized spacial score (nSPS) is 17.1. The van der Waals surface area contributed by atoms with Crippen molar-refractivity contribution in [1.29, 1.82) is 0 Å². The minimum absolute atomic E-state index is 0.0891. The molecule has 1 amide bonds. The van der Waals surface area contributed by atoms with Crippen LogP contribution in [0.25, 0.3) is 5.82 Å². The number of alkyl halides is 3. The molecule has 0 bridgehead atoms. The molecule has 0 saturated carbocycles. The minimum Gasteiger partial charge on any atom is -0.357 e. The van der Waals surface area contributed by atoms with Crippen LogP contribution in [-0.4, -0.2) is 52.3 Å². The summed E-state index contributed by atoms with van der Waals surface area (Å²) in [5.74, 6) is -0.198. The molecule has 3 rings (SSSR count). The lowest BCUT2D eigenvalue weighted by atomic mass is 10.2. The van der Waals surface area contributed by atoms with Crippen molar-refractivity contribution < 1.29 is 18.0 Å². The molecule has 150 valence electrons. The number of nitrogens with zero attached hydrogens (tertiary/aromatic N) is 5. The van der Waals surface area contributed by atoms with Crippen molar-refractivity contribution in [1.82, 2.24) is 19.7 Å². The Kier molecular flexibility index (Phi) is 5.33. The van der Waals surface area contributed by atoms with Crippen molar-refractivity contribution in [3.63, 3.8) is 0 Å². The zero-order valence-corrected chi connectivity index (χ0v) is 15.8. The van der Waals surface area contributed by atoms with Crippen LogP contribution in [0.3, 0.4) is 0 Å². The maximum absolute atomic E-state index is 12.7. The highest BCUT2D eigenvalue weighted by atomic mass is 35.5. The maximum atomic E-state index is 12.7. The fourth-order valence-electron chi connectivity index (χ4n) is 3.08. The molecule has 28 heavy (non-hydrogen) atoms. The van der Waals surface area contributed by atoms with Crippen LogP contribution in [0.4, 0.5) is 18.9 Å². The Labute approximate surface area is 163 Å². The molecule has 1 unspecified atom stereocenters. The van der Waals surface area contributed by atoms with E-state index in [4.69, 9.17) is 11.6 Å². The number of pyridine rings is 1. The van der Waals surface area contributed by atoms with Crippen molar-refractivity contribution in [2.24, 2.45) is 0 Å². The number of hydrogen-bond acceptors (Lipinski definition) is 5. The molecule has 1 fully saturated rings. The quantitative estimate of drug-likeness (QED) is 0.769. The van der Waals surface area contributed by atoms with E-state index in [1.165, 1.54) is 11.1 Å². The molecule has 7 nitrogen and oxygen atoms in total. The van der Waals surface area contributed by atoms with Gasteiger partial charge in [-0.3, -0.25) is 9.59 Å². The number of carbonyl (C=O) groups is 1. The molecule has 1 aliphatic heterocycles. The molecule has 0 spiro atoms. The molecule has 0 N–H and O–H groups in total. The van der Waals surface area contributed by atoms with Crippen LogP contribution in [0.2, 0.25) is 5.02 Å². The number of halogens is 4. The SMILES string of the molecule is CN(C)C(=O)C1CCCN1c1cnn(-c2ccc(C(F)(F)F)cn2)c(=O)c1Cl. The third-order valence-corrected chi connectivity index (χ3v) is 4.84. The fourth-order valence-corrected chi connectivity index (χ4v) is 3.31. The molecule has 2 aromatic heterocycles. The van der Waals surface area contributed by atoms with Gasteiger partial charge in [-0.1, -0.05) is 11.6 Å². The largest absolute Gasteiger partial charge is 0.417 e. The van der Waals surface area contributed by atoms with Crippen LogP contribution < -0.4 is 10.5 Å². The Bertz CT molecular complexity index is 943. The second kappa shape index (κ2) is 7.42. The Hall–Kier alpha value is -2.62. The van der Waals surface area contributed by atoms with Crippen LogP contribution in [0, 0.1) is 0 Å². The highest BCUT2D eigenvalue weighted by Crippen LogP contribution is 2.31. The highest BCUT2D eigenvalue weighted by Gasteiger charge is 2.34. The third-order valence-electron chi connectivity index (χ3n) is 4.48. The summed E-state index contributed by atoms with van der Waals surface area (Å²) in [5.41, 5.74) is -1.35. The summed E-state index contributed by atoms with van der Waals surface area (Å²) in [7, 11) is 3.29. The predicted molar refractivity (Wildman–Crippen MR) is 96.7 cm³/mol. The summed E-state index contributed by atoms with van der Waals surface area (Å²) >= 11 is 6.23. The molecule has 0 radical (unpaired) electrons. The van der Waals surface area contributed by atoms with E-state index < -0.39 is 23.3 Å². The van der Waals surface area contributed by atoms with Crippen LogP contribution in [0.5, 0.6) is 0 Å². The van der Waals surface area contributed by atoms with Gasteiger partial charge in [0.2, 0.25) is 5.91 Å². The van der Waals surface area contributed by atoms with Crippen molar-refractivity contribution in [3.8, 4) is 5.82 Å². The van der Waals surface area contributed by atoms with E-state index in [0.29, 0.717) is 24.8 Å². The van der Waals surface area contributed by atoms with E-state index in [2.05, 4.69) is 10.1 Å². The number of rotatable bonds is 3. The van der Waals surface area contributed by atoms with Crippen LogP contribution in [-0.2, 0) is 11.0 Å². The second-order valence-electron chi connectivity index (χ2n) is 6.55. The molecule has 2 aromatic rings.